The fourth-order valence-electron chi connectivity index (χ4n) is 4.58. The first-order valence-electron chi connectivity index (χ1n) is 10.0. The molecule has 2 atom stereocenters. The van der Waals surface area contributed by atoms with Crippen molar-refractivity contribution < 1.29 is 5.32 Å². The zero-order valence-electron chi connectivity index (χ0n) is 15.4. The molecular weight excluding hydrogens is 330 g/mol. The molecule has 0 aromatic carbocycles. The van der Waals surface area contributed by atoms with Gasteiger partial charge in [-0.05, 0) is 63.4 Å². The maximum absolute atomic E-state index is 12.8. The van der Waals surface area contributed by atoms with E-state index in [0.717, 1.165) is 34.8 Å². The second kappa shape index (κ2) is 7.20. The van der Waals surface area contributed by atoms with Gasteiger partial charge in [0.25, 0.3) is 5.56 Å². The van der Waals surface area contributed by atoms with Crippen molar-refractivity contribution in [2.24, 2.45) is 5.92 Å². The summed E-state index contributed by atoms with van der Waals surface area (Å²) in [5, 5.41) is 3.31. The lowest BCUT2D eigenvalue weighted by Gasteiger charge is -2.18. The smallest absolute Gasteiger partial charge is 0.260 e. The Morgan fingerprint density at radius 2 is 1.96 bits per heavy atom. The fourth-order valence-corrected chi connectivity index (χ4v) is 5.97. The van der Waals surface area contributed by atoms with E-state index in [1.54, 1.807) is 11.3 Å². The predicted octanol–water partition coefficient (Wildman–Crippen LogP) is 3.46. The number of hydrogen-bond donors (Lipinski definition) is 2. The van der Waals surface area contributed by atoms with Crippen molar-refractivity contribution in [2.75, 3.05) is 0 Å². The molecule has 0 amide bonds. The molecule has 0 saturated heterocycles. The average Bonchev–Trinajstić information content (AvgIpc) is 2.75. The van der Waals surface area contributed by atoms with Crippen molar-refractivity contribution in [3.63, 3.8) is 0 Å². The number of nitrogens with zero attached hydrogens (tertiary/aromatic N) is 1. The molecule has 136 valence electrons. The zero-order chi connectivity index (χ0) is 17.4. The van der Waals surface area contributed by atoms with E-state index in [1.807, 2.05) is 0 Å². The maximum Gasteiger partial charge on any atom is 0.260 e. The minimum Gasteiger partial charge on any atom is -0.335 e. The van der Waals surface area contributed by atoms with Gasteiger partial charge >= 0.3 is 0 Å². The number of hydrogen-bond acceptors (Lipinski definition) is 3. The second-order valence-electron chi connectivity index (χ2n) is 8.22. The number of nitrogens with two attached hydrogens (primary N) is 1. The molecule has 2 aliphatic rings. The van der Waals surface area contributed by atoms with Crippen LogP contribution in [0, 0.1) is 5.92 Å². The maximum atomic E-state index is 12.8. The van der Waals surface area contributed by atoms with E-state index in [2.05, 4.69) is 24.1 Å². The summed E-state index contributed by atoms with van der Waals surface area (Å²) in [7, 11) is 0. The summed E-state index contributed by atoms with van der Waals surface area (Å²) in [6.07, 6.45) is 11.3. The molecule has 5 heteroatoms. The lowest BCUT2D eigenvalue weighted by molar-refractivity contribution is -0.727. The SMILES string of the molecule is C[C@@H]1CCc2c(sc3nc([C@@H](C)[NH2+]C4CCCCCC4)[nH]c(=O)c23)C1. The van der Waals surface area contributed by atoms with Crippen molar-refractivity contribution in [2.45, 2.75) is 83.7 Å². The van der Waals surface area contributed by atoms with Crippen molar-refractivity contribution in [1.82, 2.24) is 9.97 Å². The molecule has 0 radical (unpaired) electrons. The highest BCUT2D eigenvalue weighted by molar-refractivity contribution is 7.18. The normalized spacial score (nSPS) is 23.4. The summed E-state index contributed by atoms with van der Waals surface area (Å²) in [6, 6.07) is 0.897. The van der Waals surface area contributed by atoms with E-state index in [0.29, 0.717) is 6.04 Å². The van der Waals surface area contributed by atoms with Gasteiger partial charge in [0.2, 0.25) is 0 Å². The van der Waals surface area contributed by atoms with E-state index in [1.165, 1.54) is 55.4 Å². The molecule has 0 spiro atoms. The minimum absolute atomic E-state index is 0.0770. The second-order valence-corrected chi connectivity index (χ2v) is 9.30. The third-order valence-corrected chi connectivity index (χ3v) is 7.22. The summed E-state index contributed by atoms with van der Waals surface area (Å²) in [5.74, 6) is 1.58. The number of nitrogens with one attached hydrogen (secondary N) is 1. The van der Waals surface area contributed by atoms with Crippen LogP contribution in [0.1, 0.15) is 81.1 Å². The number of H-pyrrole nitrogens is 1. The monoisotopic (exact) mass is 360 g/mol. The first-order chi connectivity index (χ1) is 12.1. The van der Waals surface area contributed by atoms with Crippen LogP contribution >= 0.6 is 11.3 Å². The van der Waals surface area contributed by atoms with Crippen LogP contribution in [0.5, 0.6) is 0 Å². The number of aromatic amines is 1. The van der Waals surface area contributed by atoms with Crippen molar-refractivity contribution in [3.05, 3.63) is 26.6 Å². The first kappa shape index (κ1) is 17.2. The van der Waals surface area contributed by atoms with E-state index in [-0.39, 0.29) is 11.6 Å². The van der Waals surface area contributed by atoms with Crippen molar-refractivity contribution in [1.29, 1.82) is 0 Å². The Balaban J connectivity index is 1.61. The molecule has 4 nitrogen and oxygen atoms in total. The van der Waals surface area contributed by atoms with Gasteiger partial charge in [-0.3, -0.25) is 4.79 Å². The number of fused-ring (bicyclic) bond motifs is 3. The van der Waals surface area contributed by atoms with Gasteiger partial charge in [-0.1, -0.05) is 19.8 Å². The van der Waals surface area contributed by atoms with Crippen LogP contribution in [-0.4, -0.2) is 16.0 Å². The van der Waals surface area contributed by atoms with Crippen LogP contribution in [0.25, 0.3) is 10.2 Å². The van der Waals surface area contributed by atoms with Crippen molar-refractivity contribution >= 4 is 21.6 Å². The third-order valence-electron chi connectivity index (χ3n) is 6.08. The largest absolute Gasteiger partial charge is 0.335 e. The van der Waals surface area contributed by atoms with Crippen LogP contribution in [0.3, 0.4) is 0 Å². The van der Waals surface area contributed by atoms with Gasteiger partial charge < -0.3 is 10.3 Å². The zero-order valence-corrected chi connectivity index (χ0v) is 16.3. The third kappa shape index (κ3) is 3.54. The Labute approximate surface area is 153 Å². The molecule has 2 aromatic rings. The summed E-state index contributed by atoms with van der Waals surface area (Å²) in [5.41, 5.74) is 1.35. The highest BCUT2D eigenvalue weighted by Crippen LogP contribution is 2.35. The Bertz CT molecular complexity index is 801. The number of quaternary nitrogens is 1. The quantitative estimate of drug-likeness (QED) is 0.824. The summed E-state index contributed by atoms with van der Waals surface area (Å²) < 4.78 is 0. The van der Waals surface area contributed by atoms with Crippen molar-refractivity contribution in [3.8, 4) is 0 Å². The predicted molar refractivity (Wildman–Crippen MR) is 103 cm³/mol. The van der Waals surface area contributed by atoms with Gasteiger partial charge in [0.05, 0.1) is 11.4 Å². The number of rotatable bonds is 3. The summed E-state index contributed by atoms with van der Waals surface area (Å²) >= 11 is 1.75. The van der Waals surface area contributed by atoms with E-state index < -0.39 is 0 Å². The molecule has 1 fully saturated rings. The number of aromatic nitrogens is 2. The first-order valence-corrected chi connectivity index (χ1v) is 10.8. The van der Waals surface area contributed by atoms with Gasteiger partial charge in [-0.2, -0.15) is 0 Å². The van der Waals surface area contributed by atoms with E-state index >= 15 is 0 Å². The van der Waals surface area contributed by atoms with Crippen LogP contribution in [-0.2, 0) is 12.8 Å². The molecule has 3 N–H and O–H groups in total. The Kier molecular flexibility index (Phi) is 4.96. The fraction of sp³-hybridized carbons (Fsp3) is 0.700. The minimum atomic E-state index is 0.0770. The van der Waals surface area contributed by atoms with E-state index in [9.17, 15) is 4.79 Å². The van der Waals surface area contributed by atoms with Crippen LogP contribution < -0.4 is 10.9 Å². The molecule has 25 heavy (non-hydrogen) atoms. The van der Waals surface area contributed by atoms with Gasteiger partial charge in [-0.15, -0.1) is 11.3 Å². The highest BCUT2D eigenvalue weighted by atomic mass is 32.1. The van der Waals surface area contributed by atoms with Gasteiger partial charge in [0.1, 0.15) is 10.9 Å². The standard InChI is InChI=1S/C20H29N3OS/c1-12-9-10-15-16(11-12)25-20-17(15)19(24)22-18(23-20)13(2)21-14-7-5-3-4-6-8-14/h12-14,21H,3-11H2,1-2H3,(H,22,23,24)/p+1/t12-,13-/m1/s1. The topological polar surface area (TPSA) is 62.4 Å². The average molecular weight is 361 g/mol. The Morgan fingerprint density at radius 3 is 2.72 bits per heavy atom. The molecule has 2 heterocycles. The van der Waals surface area contributed by atoms with Crippen LogP contribution in [0.2, 0.25) is 0 Å². The Hall–Kier alpha value is -1.20. The molecule has 4 rings (SSSR count). The number of aryl methyl sites for hydroxylation is 1. The summed E-state index contributed by atoms with van der Waals surface area (Å²) in [6.45, 7) is 4.49. The molecule has 0 unspecified atom stereocenters. The van der Waals surface area contributed by atoms with E-state index in [4.69, 9.17) is 4.98 Å². The molecular formula is C20H30N3OS+. The molecule has 2 aromatic heterocycles. The highest BCUT2D eigenvalue weighted by Gasteiger charge is 2.25. The lowest BCUT2D eigenvalue weighted by Crippen LogP contribution is -2.90. The Morgan fingerprint density at radius 1 is 1.20 bits per heavy atom. The lowest BCUT2D eigenvalue weighted by atomic mass is 9.89. The van der Waals surface area contributed by atoms with Crippen LogP contribution in [0.4, 0.5) is 0 Å². The van der Waals surface area contributed by atoms with Gasteiger partial charge in [-0.25, -0.2) is 4.98 Å². The van der Waals surface area contributed by atoms with Gasteiger partial charge in [0.15, 0.2) is 5.82 Å². The number of thiophene rings is 1. The molecule has 2 aliphatic carbocycles. The van der Waals surface area contributed by atoms with Gasteiger partial charge in [0, 0.05) is 4.88 Å². The molecule has 0 aliphatic heterocycles. The molecule has 0 bridgehead atoms. The van der Waals surface area contributed by atoms with Crippen LogP contribution in [0.15, 0.2) is 4.79 Å². The molecule has 1 saturated carbocycles. The summed E-state index contributed by atoms with van der Waals surface area (Å²) in [4.78, 5) is 23.1.